The molecule has 1 aliphatic carbocycles. The number of ether oxygens (including phenoxy) is 1. The van der Waals surface area contributed by atoms with E-state index in [4.69, 9.17) is 4.74 Å². The molecule has 0 spiro atoms. The number of benzene rings is 1. The van der Waals surface area contributed by atoms with Crippen LogP contribution in [-0.2, 0) is 0 Å². The molecule has 1 aliphatic heterocycles. The number of imidazole rings is 2. The molecule has 3 aromatic heterocycles. The van der Waals surface area contributed by atoms with Crippen LogP contribution >= 0.6 is 0 Å². The minimum atomic E-state index is -0.577. The second-order valence-electron chi connectivity index (χ2n) is 8.29. The maximum absolute atomic E-state index is 13.6. The van der Waals surface area contributed by atoms with E-state index in [-0.39, 0.29) is 18.2 Å². The van der Waals surface area contributed by atoms with Crippen LogP contribution in [0.1, 0.15) is 41.0 Å². The van der Waals surface area contributed by atoms with Crippen LogP contribution in [-0.4, -0.2) is 43.3 Å². The topological polar surface area (TPSA) is 86.9 Å². The molecule has 0 radical (unpaired) electrons. The Kier molecular flexibility index (Phi) is 4.67. The second-order valence-corrected chi connectivity index (χ2v) is 8.29. The van der Waals surface area contributed by atoms with Crippen LogP contribution in [0.2, 0.25) is 0 Å². The number of amides is 1. The number of nitrogens with one attached hydrogen (secondary N) is 1. The molecule has 4 heterocycles. The number of carbonyl (C=O) groups is 1. The number of rotatable bonds is 5. The molecule has 166 valence electrons. The van der Waals surface area contributed by atoms with Gasteiger partial charge in [-0.1, -0.05) is 6.07 Å². The standard InChI is InChI=1S/C24H21FN6O2/c25-11-17-13-33-22-18(23-27-8-9-31(17)23)2-1-3-19(22)29-24(32)20-10-16(6-7-26-20)30-12-21(28-14-30)15-4-5-15/h1-3,6-10,12,14-15,17H,4-5,11,13H2,(H,29,32)/t17-/m0/s1. The number of alkyl halides is 1. The van der Waals surface area contributed by atoms with Gasteiger partial charge in [-0.05, 0) is 37.1 Å². The van der Waals surface area contributed by atoms with E-state index >= 15 is 0 Å². The Bertz CT molecular complexity index is 1340. The maximum atomic E-state index is 13.6. The van der Waals surface area contributed by atoms with E-state index in [9.17, 15) is 9.18 Å². The number of halogens is 1. The van der Waals surface area contributed by atoms with Gasteiger partial charge in [-0.25, -0.2) is 14.4 Å². The highest BCUT2D eigenvalue weighted by atomic mass is 19.1. The predicted molar refractivity (Wildman–Crippen MR) is 119 cm³/mol. The lowest BCUT2D eigenvalue weighted by Gasteiger charge is -2.15. The van der Waals surface area contributed by atoms with Gasteiger partial charge in [0.2, 0.25) is 0 Å². The number of para-hydroxylation sites is 1. The third kappa shape index (κ3) is 3.55. The van der Waals surface area contributed by atoms with E-state index in [0.29, 0.717) is 28.7 Å². The first-order chi connectivity index (χ1) is 16.2. The number of aromatic nitrogens is 5. The summed E-state index contributed by atoms with van der Waals surface area (Å²) < 4.78 is 23.2. The Labute approximate surface area is 189 Å². The van der Waals surface area contributed by atoms with Gasteiger partial charge in [-0.15, -0.1) is 0 Å². The first kappa shape index (κ1) is 19.7. The zero-order valence-electron chi connectivity index (χ0n) is 17.7. The van der Waals surface area contributed by atoms with Gasteiger partial charge in [0.05, 0.1) is 35.0 Å². The Balaban J connectivity index is 1.29. The number of hydrogen-bond acceptors (Lipinski definition) is 5. The highest BCUT2D eigenvalue weighted by molar-refractivity contribution is 6.04. The van der Waals surface area contributed by atoms with Crippen LogP contribution in [0.15, 0.2) is 61.4 Å². The van der Waals surface area contributed by atoms with Crippen molar-refractivity contribution in [2.75, 3.05) is 18.6 Å². The number of pyridine rings is 1. The van der Waals surface area contributed by atoms with Crippen molar-refractivity contribution in [1.82, 2.24) is 24.1 Å². The van der Waals surface area contributed by atoms with Crippen LogP contribution in [0.4, 0.5) is 10.1 Å². The molecule has 1 saturated carbocycles. The third-order valence-electron chi connectivity index (χ3n) is 6.04. The fourth-order valence-corrected chi connectivity index (χ4v) is 4.12. The first-order valence-corrected chi connectivity index (χ1v) is 10.9. The molecule has 4 aromatic rings. The maximum Gasteiger partial charge on any atom is 0.274 e. The molecule has 9 heteroatoms. The molecule has 6 rings (SSSR count). The van der Waals surface area contributed by atoms with Crippen molar-refractivity contribution >= 4 is 11.6 Å². The molecular weight excluding hydrogens is 423 g/mol. The number of anilines is 1. The number of nitrogens with zero attached hydrogens (tertiary/aromatic N) is 5. The highest BCUT2D eigenvalue weighted by Crippen LogP contribution is 2.40. The lowest BCUT2D eigenvalue weighted by Crippen LogP contribution is -2.18. The van der Waals surface area contributed by atoms with Gasteiger partial charge in [0.25, 0.3) is 5.91 Å². The SMILES string of the molecule is O=C(Nc1cccc2c1OC[C@H](CF)n1ccnc1-2)c1cc(-n2cnc(C3CC3)c2)ccn1. The summed E-state index contributed by atoms with van der Waals surface area (Å²) in [6.45, 7) is -0.441. The molecule has 8 nitrogen and oxygen atoms in total. The van der Waals surface area contributed by atoms with Gasteiger partial charge >= 0.3 is 0 Å². The minimum absolute atomic E-state index is 0.136. The smallest absolute Gasteiger partial charge is 0.274 e. The fourth-order valence-electron chi connectivity index (χ4n) is 4.12. The Morgan fingerprint density at radius 3 is 2.94 bits per heavy atom. The van der Waals surface area contributed by atoms with Gasteiger partial charge in [0.15, 0.2) is 5.75 Å². The monoisotopic (exact) mass is 444 g/mol. The molecule has 1 aromatic carbocycles. The van der Waals surface area contributed by atoms with E-state index in [1.807, 2.05) is 22.9 Å². The zero-order valence-corrected chi connectivity index (χ0v) is 17.7. The van der Waals surface area contributed by atoms with Crippen molar-refractivity contribution in [2.45, 2.75) is 24.8 Å². The normalized spacial score (nSPS) is 16.9. The van der Waals surface area contributed by atoms with Crippen molar-refractivity contribution < 1.29 is 13.9 Å². The van der Waals surface area contributed by atoms with E-state index in [2.05, 4.69) is 20.3 Å². The number of hydrogen-bond donors (Lipinski definition) is 1. The van der Waals surface area contributed by atoms with Crippen molar-refractivity contribution in [3.05, 3.63) is 72.8 Å². The number of carbonyl (C=O) groups excluding carboxylic acids is 1. The summed E-state index contributed by atoms with van der Waals surface area (Å²) in [4.78, 5) is 26.2. The molecule has 1 N–H and O–H groups in total. The van der Waals surface area contributed by atoms with Gasteiger partial charge in [-0.3, -0.25) is 9.78 Å². The molecule has 0 saturated heterocycles. The van der Waals surface area contributed by atoms with Gasteiger partial charge in [0.1, 0.15) is 24.8 Å². The summed E-state index contributed by atoms with van der Waals surface area (Å²) in [5, 5.41) is 2.90. The van der Waals surface area contributed by atoms with Gasteiger partial charge in [0, 0.05) is 30.7 Å². The third-order valence-corrected chi connectivity index (χ3v) is 6.04. The summed E-state index contributed by atoms with van der Waals surface area (Å²) in [6.07, 6.45) is 11.1. The summed E-state index contributed by atoms with van der Waals surface area (Å²) in [7, 11) is 0. The number of fused-ring (bicyclic) bond motifs is 3. The lowest BCUT2D eigenvalue weighted by atomic mass is 10.1. The molecule has 33 heavy (non-hydrogen) atoms. The van der Waals surface area contributed by atoms with E-state index < -0.39 is 12.7 Å². The minimum Gasteiger partial charge on any atom is -0.488 e. The Morgan fingerprint density at radius 1 is 1.18 bits per heavy atom. The first-order valence-electron chi connectivity index (χ1n) is 10.9. The van der Waals surface area contributed by atoms with Crippen molar-refractivity contribution in [1.29, 1.82) is 0 Å². The van der Waals surface area contributed by atoms with Gasteiger partial charge in [-0.2, -0.15) is 0 Å². The van der Waals surface area contributed by atoms with E-state index in [0.717, 1.165) is 11.4 Å². The summed E-state index contributed by atoms with van der Waals surface area (Å²) in [5.74, 6) is 1.25. The lowest BCUT2D eigenvalue weighted by molar-refractivity contribution is 0.102. The average molecular weight is 444 g/mol. The Hall–Kier alpha value is -4.01. The van der Waals surface area contributed by atoms with Crippen LogP contribution in [0, 0.1) is 0 Å². The van der Waals surface area contributed by atoms with Crippen LogP contribution in [0.3, 0.4) is 0 Å². The second kappa shape index (κ2) is 7.84. The van der Waals surface area contributed by atoms with E-state index in [1.54, 1.807) is 47.7 Å². The Morgan fingerprint density at radius 2 is 2.09 bits per heavy atom. The van der Waals surface area contributed by atoms with Crippen molar-refractivity contribution in [3.8, 4) is 22.8 Å². The van der Waals surface area contributed by atoms with Crippen LogP contribution < -0.4 is 10.1 Å². The highest BCUT2D eigenvalue weighted by Gasteiger charge is 2.27. The molecule has 0 bridgehead atoms. The fraction of sp³-hybridized carbons (Fsp3) is 0.250. The van der Waals surface area contributed by atoms with Crippen molar-refractivity contribution in [3.63, 3.8) is 0 Å². The average Bonchev–Trinajstić information content (AvgIpc) is 3.42. The summed E-state index contributed by atoms with van der Waals surface area (Å²) in [5.41, 5.74) is 3.33. The molecule has 1 fully saturated rings. The molecule has 1 atom stereocenters. The summed E-state index contributed by atoms with van der Waals surface area (Å²) in [6, 6.07) is 8.49. The van der Waals surface area contributed by atoms with E-state index in [1.165, 1.54) is 12.8 Å². The largest absolute Gasteiger partial charge is 0.488 e. The predicted octanol–water partition coefficient (Wildman–Crippen LogP) is 4.16. The zero-order chi connectivity index (χ0) is 22.4. The quantitative estimate of drug-likeness (QED) is 0.499. The summed E-state index contributed by atoms with van der Waals surface area (Å²) >= 11 is 0. The molecule has 2 aliphatic rings. The van der Waals surface area contributed by atoms with Gasteiger partial charge < -0.3 is 19.2 Å². The van der Waals surface area contributed by atoms with Crippen LogP contribution in [0.25, 0.3) is 17.1 Å². The molecular formula is C24H21FN6O2. The van der Waals surface area contributed by atoms with Crippen molar-refractivity contribution in [2.24, 2.45) is 0 Å². The molecule has 0 unspecified atom stereocenters. The van der Waals surface area contributed by atoms with Crippen LogP contribution in [0.5, 0.6) is 5.75 Å². The molecule has 1 amide bonds.